The quantitative estimate of drug-likeness (QED) is 0.385. The molecule has 25 heavy (non-hydrogen) atoms. The van der Waals surface area contributed by atoms with Gasteiger partial charge in [-0.2, -0.15) is 0 Å². The zero-order valence-corrected chi connectivity index (χ0v) is 16.2. The van der Waals surface area contributed by atoms with E-state index >= 15 is 0 Å². The number of esters is 1. The molecular weight excluding hydrogens is 385 g/mol. The minimum atomic E-state index is -0.307. The average molecular weight is 402 g/mol. The number of pyridine rings is 1. The third kappa shape index (κ3) is 2.53. The van der Waals surface area contributed by atoms with E-state index in [1.54, 1.807) is 6.92 Å². The molecule has 4 aromatic rings. The first-order valence-corrected chi connectivity index (χ1v) is 9.77. The number of aryl methyl sites for hydroxylation is 3. The van der Waals surface area contributed by atoms with Crippen LogP contribution >= 0.6 is 0 Å². The van der Waals surface area contributed by atoms with Gasteiger partial charge in [0, 0.05) is 0 Å². The third-order valence-corrected chi connectivity index (χ3v) is 6.34. The molecule has 0 fully saturated rings. The summed E-state index contributed by atoms with van der Waals surface area (Å²) in [5.74, 6) is 1.02. The number of fused-ring (bicyclic) bond motifs is 5. The second-order valence-corrected chi connectivity index (χ2v) is 8.05. The SMILES string of the molecule is CCOC(=O)Cc1nnc2c3[se]c4nc(C)cc(C)c4c3nc(C)n12. The Morgan fingerprint density at radius 3 is 2.80 bits per heavy atom. The first-order valence-electron chi connectivity index (χ1n) is 8.06. The fourth-order valence-corrected chi connectivity index (χ4v) is 5.69. The van der Waals surface area contributed by atoms with E-state index in [9.17, 15) is 4.79 Å². The predicted molar refractivity (Wildman–Crippen MR) is 95.1 cm³/mol. The van der Waals surface area contributed by atoms with Crippen LogP contribution in [0.2, 0.25) is 0 Å². The number of rotatable bonds is 3. The molecule has 0 aromatic carbocycles. The van der Waals surface area contributed by atoms with Gasteiger partial charge in [0.15, 0.2) is 0 Å². The Morgan fingerprint density at radius 2 is 2.04 bits per heavy atom. The molecule has 128 valence electrons. The topological polar surface area (TPSA) is 82.3 Å². The summed E-state index contributed by atoms with van der Waals surface area (Å²) in [6.07, 6.45) is 0.0899. The van der Waals surface area contributed by atoms with Crippen molar-refractivity contribution in [1.82, 2.24) is 24.6 Å². The first-order chi connectivity index (χ1) is 12.0. The van der Waals surface area contributed by atoms with Crippen LogP contribution in [-0.2, 0) is 16.0 Å². The molecule has 8 heteroatoms. The third-order valence-electron chi connectivity index (χ3n) is 4.10. The Balaban J connectivity index is 2.00. The number of hydrogen-bond donors (Lipinski definition) is 0. The van der Waals surface area contributed by atoms with Crippen LogP contribution in [-0.4, -0.2) is 51.6 Å². The molecule has 4 heterocycles. The molecule has 0 saturated heterocycles. The Bertz CT molecular complexity index is 1140. The van der Waals surface area contributed by atoms with Gasteiger partial charge in [-0.1, -0.05) is 0 Å². The van der Waals surface area contributed by atoms with Crippen LogP contribution in [0.15, 0.2) is 6.07 Å². The van der Waals surface area contributed by atoms with Crippen LogP contribution in [0.4, 0.5) is 0 Å². The zero-order valence-electron chi connectivity index (χ0n) is 14.5. The normalized spacial score (nSPS) is 11.7. The molecule has 0 amide bonds. The van der Waals surface area contributed by atoms with E-state index in [-0.39, 0.29) is 26.9 Å². The van der Waals surface area contributed by atoms with Gasteiger partial charge in [-0.3, -0.25) is 0 Å². The van der Waals surface area contributed by atoms with E-state index in [0.717, 1.165) is 36.7 Å². The summed E-state index contributed by atoms with van der Waals surface area (Å²) >= 11 is 0.0254. The van der Waals surface area contributed by atoms with Crippen LogP contribution in [0, 0.1) is 20.8 Å². The molecule has 0 unspecified atom stereocenters. The van der Waals surface area contributed by atoms with E-state index in [1.165, 1.54) is 5.56 Å². The van der Waals surface area contributed by atoms with Crippen LogP contribution in [0.5, 0.6) is 0 Å². The number of hydrogen-bond acceptors (Lipinski definition) is 6. The van der Waals surface area contributed by atoms with Crippen molar-refractivity contribution in [3.8, 4) is 0 Å². The number of carbonyl (C=O) groups is 1. The Hall–Kier alpha value is -2.31. The van der Waals surface area contributed by atoms with Crippen molar-refractivity contribution in [2.24, 2.45) is 0 Å². The van der Waals surface area contributed by atoms with Gasteiger partial charge in [0.05, 0.1) is 0 Å². The molecule has 0 N–H and O–H groups in total. The van der Waals surface area contributed by atoms with Crippen molar-refractivity contribution in [2.45, 2.75) is 34.1 Å². The maximum absolute atomic E-state index is 11.8. The Labute approximate surface area is 149 Å². The van der Waals surface area contributed by atoms with Gasteiger partial charge in [0.2, 0.25) is 0 Å². The van der Waals surface area contributed by atoms with Crippen molar-refractivity contribution in [3.05, 3.63) is 29.0 Å². The van der Waals surface area contributed by atoms with Crippen molar-refractivity contribution >= 4 is 45.7 Å². The summed E-state index contributed by atoms with van der Waals surface area (Å²) in [6, 6.07) is 2.08. The molecule has 0 bridgehead atoms. The number of carbonyl (C=O) groups excluding carboxylic acids is 1. The van der Waals surface area contributed by atoms with Gasteiger partial charge >= 0.3 is 149 Å². The van der Waals surface area contributed by atoms with Crippen molar-refractivity contribution in [1.29, 1.82) is 0 Å². The fourth-order valence-electron chi connectivity index (χ4n) is 3.15. The predicted octanol–water partition coefficient (Wildman–Crippen LogP) is 1.91. The standard InChI is InChI=1S/C17H17N5O2Se/c1-5-24-12(23)7-11-20-21-16-15-14(19-10(4)22(11)16)13-8(2)6-9(3)18-17(13)25-15/h6H,5,7H2,1-4H3. The first kappa shape index (κ1) is 16.2. The summed E-state index contributed by atoms with van der Waals surface area (Å²) in [6.45, 7) is 8.15. The van der Waals surface area contributed by atoms with E-state index in [2.05, 4.69) is 23.2 Å². The summed E-state index contributed by atoms with van der Waals surface area (Å²) in [7, 11) is 0. The molecule has 7 nitrogen and oxygen atoms in total. The van der Waals surface area contributed by atoms with Gasteiger partial charge in [-0.15, -0.1) is 0 Å². The molecule has 4 rings (SSSR count). The average Bonchev–Trinajstić information content (AvgIpc) is 3.09. The Kier molecular flexibility index (Phi) is 3.81. The summed E-state index contributed by atoms with van der Waals surface area (Å²) in [5.41, 5.74) is 3.94. The van der Waals surface area contributed by atoms with Crippen LogP contribution in [0.25, 0.3) is 25.2 Å². The van der Waals surface area contributed by atoms with Crippen molar-refractivity contribution < 1.29 is 9.53 Å². The van der Waals surface area contributed by atoms with Gasteiger partial charge < -0.3 is 0 Å². The Morgan fingerprint density at radius 1 is 1.24 bits per heavy atom. The monoisotopic (exact) mass is 403 g/mol. The molecule has 0 saturated carbocycles. The van der Waals surface area contributed by atoms with E-state index in [1.807, 2.05) is 18.2 Å². The minimum absolute atomic E-state index is 0.0254. The molecule has 0 atom stereocenters. The van der Waals surface area contributed by atoms with E-state index in [4.69, 9.17) is 14.7 Å². The van der Waals surface area contributed by atoms with E-state index in [0.29, 0.717) is 12.4 Å². The summed E-state index contributed by atoms with van der Waals surface area (Å²) < 4.78 is 9.07. The molecule has 0 radical (unpaired) electrons. The van der Waals surface area contributed by atoms with E-state index < -0.39 is 0 Å². The van der Waals surface area contributed by atoms with Crippen molar-refractivity contribution in [3.63, 3.8) is 0 Å². The number of nitrogens with zero attached hydrogens (tertiary/aromatic N) is 5. The molecule has 0 aliphatic heterocycles. The second-order valence-electron chi connectivity index (χ2n) is 5.96. The van der Waals surface area contributed by atoms with Gasteiger partial charge in [0.1, 0.15) is 0 Å². The van der Waals surface area contributed by atoms with Crippen LogP contribution < -0.4 is 0 Å². The molecule has 0 aliphatic rings. The van der Waals surface area contributed by atoms with Crippen molar-refractivity contribution in [2.75, 3.05) is 6.61 Å². The second kappa shape index (κ2) is 5.89. The number of ether oxygens (including phenoxy) is 1. The molecule has 4 aromatic heterocycles. The summed E-state index contributed by atoms with van der Waals surface area (Å²) in [4.78, 5) is 21.3. The van der Waals surface area contributed by atoms with Gasteiger partial charge in [0.25, 0.3) is 0 Å². The number of aromatic nitrogens is 5. The van der Waals surface area contributed by atoms with Gasteiger partial charge in [-0.25, -0.2) is 0 Å². The van der Waals surface area contributed by atoms with Gasteiger partial charge in [-0.05, 0) is 0 Å². The molecule has 0 spiro atoms. The fraction of sp³-hybridized carbons (Fsp3) is 0.353. The molecule has 0 aliphatic carbocycles. The van der Waals surface area contributed by atoms with Crippen LogP contribution in [0.3, 0.4) is 0 Å². The maximum atomic E-state index is 11.8. The van der Waals surface area contributed by atoms with Crippen LogP contribution in [0.1, 0.15) is 29.8 Å². The molecular formula is C17H17N5O2Se. The zero-order chi connectivity index (χ0) is 17.7. The summed E-state index contributed by atoms with van der Waals surface area (Å²) in [5, 5.41) is 9.70.